The molecule has 0 saturated carbocycles. The van der Waals surface area contributed by atoms with E-state index in [9.17, 15) is 10.5 Å². The van der Waals surface area contributed by atoms with Crippen LogP contribution in [0, 0.1) is 22.7 Å². The van der Waals surface area contributed by atoms with Crippen molar-refractivity contribution in [3.63, 3.8) is 0 Å². The van der Waals surface area contributed by atoms with Crippen LogP contribution in [0.4, 0.5) is 0 Å². The average molecular weight is 834 g/mol. The lowest BCUT2D eigenvalue weighted by Gasteiger charge is -2.09. The Kier molecular flexibility index (Phi) is 8.09. The van der Waals surface area contributed by atoms with Crippen molar-refractivity contribution in [2.24, 2.45) is 0 Å². The smallest absolute Gasteiger partial charge is 0.159 e. The number of benzene rings is 8. The number of fused-ring (bicyclic) bond motifs is 12. The van der Waals surface area contributed by atoms with E-state index in [1.807, 2.05) is 60.8 Å². The van der Waals surface area contributed by atoms with Gasteiger partial charge in [0.2, 0.25) is 0 Å². The average Bonchev–Trinajstić information content (AvgIpc) is 4.11. The normalized spacial score (nSPS) is 11.8. The molecule has 0 atom stereocenters. The van der Waals surface area contributed by atoms with Gasteiger partial charge in [0.15, 0.2) is 11.2 Å². The standard InChI is InChI=1S/C58H35N5O2/c59-33-36-17-23-50-45(29-36)46-30-37(34-60)18-24-51(46)62(50)41-22-26-55-48(32-41)56-57(64-55)39(27-28-61-56)8-5-7-35-15-19-38(20-16-35)40-21-25-52-47(31-40)42-9-1-3-12-49(42)63(52)53-13-6-11-44-43-10-2-4-14-54(43)65-58(44)53/h1-4,6,9-32H,5,7-8H2. The summed E-state index contributed by atoms with van der Waals surface area (Å²) in [6, 6.07) is 63.4. The Balaban J connectivity index is 0.775. The highest BCUT2D eigenvalue weighted by Gasteiger charge is 2.20. The number of rotatable bonds is 7. The molecule has 304 valence electrons. The van der Waals surface area contributed by atoms with Crippen molar-refractivity contribution in [2.75, 3.05) is 0 Å². The Hall–Kier alpha value is -8.91. The van der Waals surface area contributed by atoms with Gasteiger partial charge in [-0.3, -0.25) is 4.98 Å². The summed E-state index contributed by atoms with van der Waals surface area (Å²) in [6.07, 6.45) is 4.63. The number of aromatic nitrogens is 3. The van der Waals surface area contributed by atoms with E-state index >= 15 is 0 Å². The van der Waals surface area contributed by atoms with Crippen LogP contribution in [-0.4, -0.2) is 14.1 Å². The van der Waals surface area contributed by atoms with E-state index in [-0.39, 0.29) is 0 Å². The third kappa shape index (κ3) is 5.70. The van der Waals surface area contributed by atoms with Crippen LogP contribution in [0.25, 0.3) is 110 Å². The number of hydrogen-bond acceptors (Lipinski definition) is 5. The summed E-state index contributed by atoms with van der Waals surface area (Å²) in [5, 5.41) is 26.8. The van der Waals surface area contributed by atoms with Crippen LogP contribution >= 0.6 is 0 Å². The molecule has 0 aliphatic heterocycles. The number of hydrogen-bond donors (Lipinski definition) is 0. The molecule has 7 nitrogen and oxygen atoms in total. The van der Waals surface area contributed by atoms with Crippen LogP contribution in [0.3, 0.4) is 0 Å². The van der Waals surface area contributed by atoms with Crippen LogP contribution in [0.2, 0.25) is 0 Å². The molecular formula is C58H35N5O2. The number of nitriles is 2. The third-order valence-corrected chi connectivity index (χ3v) is 13.2. The van der Waals surface area contributed by atoms with Gasteiger partial charge in [-0.25, -0.2) is 0 Å². The maximum Gasteiger partial charge on any atom is 0.159 e. The summed E-state index contributed by atoms with van der Waals surface area (Å²) in [7, 11) is 0. The fraction of sp³-hybridized carbons (Fsp3) is 0.0517. The largest absolute Gasteiger partial charge is 0.454 e. The van der Waals surface area contributed by atoms with Gasteiger partial charge in [0, 0.05) is 49.6 Å². The lowest BCUT2D eigenvalue weighted by Crippen LogP contribution is -1.94. The second kappa shape index (κ2) is 14.3. The molecule has 0 radical (unpaired) electrons. The topological polar surface area (TPSA) is 96.6 Å². The Labute approximate surface area is 371 Å². The summed E-state index contributed by atoms with van der Waals surface area (Å²) < 4.78 is 17.5. The molecule has 0 saturated heterocycles. The van der Waals surface area contributed by atoms with Crippen molar-refractivity contribution >= 4 is 87.6 Å². The lowest BCUT2D eigenvalue weighted by atomic mass is 9.99. The highest BCUT2D eigenvalue weighted by Crippen LogP contribution is 2.40. The van der Waals surface area contributed by atoms with Gasteiger partial charge in [-0.1, -0.05) is 78.9 Å². The van der Waals surface area contributed by atoms with E-state index in [4.69, 9.17) is 13.8 Å². The Morgan fingerprint density at radius 3 is 1.91 bits per heavy atom. The molecule has 0 aliphatic rings. The van der Waals surface area contributed by atoms with E-state index in [1.165, 1.54) is 27.5 Å². The van der Waals surface area contributed by atoms with Gasteiger partial charge in [-0.15, -0.1) is 0 Å². The number of aryl methyl sites for hydroxylation is 2. The van der Waals surface area contributed by atoms with E-state index in [1.54, 1.807) is 0 Å². The van der Waals surface area contributed by atoms with Gasteiger partial charge in [-0.05, 0) is 133 Å². The fourth-order valence-electron chi connectivity index (χ4n) is 10.1. The monoisotopic (exact) mass is 833 g/mol. The van der Waals surface area contributed by atoms with Crippen molar-refractivity contribution in [3.05, 3.63) is 198 Å². The van der Waals surface area contributed by atoms with Crippen LogP contribution in [0.15, 0.2) is 185 Å². The molecule has 0 N–H and O–H groups in total. The first-order chi connectivity index (χ1) is 32.1. The molecule has 0 amide bonds. The van der Waals surface area contributed by atoms with Crippen molar-refractivity contribution < 1.29 is 8.83 Å². The minimum absolute atomic E-state index is 0.577. The Morgan fingerprint density at radius 1 is 0.462 bits per heavy atom. The van der Waals surface area contributed by atoms with Crippen molar-refractivity contribution in [1.82, 2.24) is 14.1 Å². The van der Waals surface area contributed by atoms with Crippen LogP contribution in [0.1, 0.15) is 28.7 Å². The van der Waals surface area contributed by atoms with E-state index in [2.05, 4.69) is 137 Å². The molecule has 8 aromatic carbocycles. The second-order valence-electron chi connectivity index (χ2n) is 16.8. The zero-order valence-electron chi connectivity index (χ0n) is 34.9. The zero-order valence-corrected chi connectivity index (χ0v) is 34.9. The van der Waals surface area contributed by atoms with E-state index < -0.39 is 0 Å². The maximum absolute atomic E-state index is 9.66. The SMILES string of the molecule is N#Cc1ccc2c(c1)c1cc(C#N)ccc1n2-c1ccc2oc3c(CCCc4ccc(-c5ccc6c(c5)c5ccccc5n6-c5cccc6c5oc5ccccc56)cc4)ccnc3c2c1. The molecule has 65 heavy (non-hydrogen) atoms. The third-order valence-electron chi connectivity index (χ3n) is 13.2. The fourth-order valence-corrected chi connectivity index (χ4v) is 10.1. The van der Waals surface area contributed by atoms with Gasteiger partial charge < -0.3 is 18.0 Å². The highest BCUT2D eigenvalue weighted by atomic mass is 16.3. The molecule has 13 rings (SSSR count). The van der Waals surface area contributed by atoms with Gasteiger partial charge in [-0.2, -0.15) is 10.5 Å². The summed E-state index contributed by atoms with van der Waals surface area (Å²) in [5.74, 6) is 0. The van der Waals surface area contributed by atoms with Crippen LogP contribution in [0.5, 0.6) is 0 Å². The number of furan rings is 2. The van der Waals surface area contributed by atoms with Crippen molar-refractivity contribution in [2.45, 2.75) is 19.3 Å². The van der Waals surface area contributed by atoms with Crippen LogP contribution < -0.4 is 0 Å². The molecule has 0 aliphatic carbocycles. The predicted octanol–water partition coefficient (Wildman–Crippen LogP) is 14.7. The summed E-state index contributed by atoms with van der Waals surface area (Å²) in [5.41, 5.74) is 16.4. The minimum Gasteiger partial charge on any atom is -0.454 e. The molecule has 7 heteroatoms. The van der Waals surface area contributed by atoms with Gasteiger partial charge in [0.05, 0.1) is 51.0 Å². The predicted molar refractivity (Wildman–Crippen MR) is 261 cm³/mol. The Morgan fingerprint density at radius 2 is 1.11 bits per heavy atom. The van der Waals surface area contributed by atoms with Gasteiger partial charge in [0.25, 0.3) is 0 Å². The molecule has 0 bridgehead atoms. The molecule has 0 fully saturated rings. The summed E-state index contributed by atoms with van der Waals surface area (Å²) in [6.45, 7) is 0. The second-order valence-corrected chi connectivity index (χ2v) is 16.8. The van der Waals surface area contributed by atoms with Crippen molar-refractivity contribution in [1.29, 1.82) is 10.5 Å². The zero-order chi connectivity index (χ0) is 43.2. The van der Waals surface area contributed by atoms with Gasteiger partial charge in [0.1, 0.15) is 16.7 Å². The molecule has 5 aromatic heterocycles. The Bertz CT molecular complexity index is 4120. The lowest BCUT2D eigenvalue weighted by molar-refractivity contribution is 0.658. The molecular weight excluding hydrogens is 799 g/mol. The first-order valence-electron chi connectivity index (χ1n) is 21.8. The minimum atomic E-state index is 0.577. The molecule has 0 spiro atoms. The first kappa shape index (κ1) is 36.7. The van der Waals surface area contributed by atoms with E-state index in [0.29, 0.717) is 11.1 Å². The number of para-hydroxylation sites is 3. The van der Waals surface area contributed by atoms with Gasteiger partial charge >= 0.3 is 0 Å². The quantitative estimate of drug-likeness (QED) is 0.159. The molecule has 13 aromatic rings. The van der Waals surface area contributed by atoms with Crippen molar-refractivity contribution in [3.8, 4) is 34.6 Å². The highest BCUT2D eigenvalue weighted by molar-refractivity contribution is 6.14. The summed E-state index contributed by atoms with van der Waals surface area (Å²) >= 11 is 0. The number of pyridine rings is 1. The summed E-state index contributed by atoms with van der Waals surface area (Å²) in [4.78, 5) is 4.82. The molecule has 0 unspecified atom stereocenters. The maximum atomic E-state index is 9.66. The number of nitrogens with zero attached hydrogens (tertiary/aromatic N) is 5. The van der Waals surface area contributed by atoms with Crippen LogP contribution in [-0.2, 0) is 12.8 Å². The first-order valence-corrected chi connectivity index (χ1v) is 21.8. The molecule has 5 heterocycles. The van der Waals surface area contributed by atoms with E-state index in [0.717, 1.165) is 113 Å².